The van der Waals surface area contributed by atoms with E-state index in [1.165, 1.54) is 0 Å². The zero-order valence-corrected chi connectivity index (χ0v) is 13.5. The molecule has 0 saturated carbocycles. The van der Waals surface area contributed by atoms with Crippen molar-refractivity contribution in [2.24, 2.45) is 4.99 Å². The molecule has 0 spiro atoms. The van der Waals surface area contributed by atoms with Gasteiger partial charge in [-0.2, -0.15) is 5.10 Å². The molecule has 0 radical (unpaired) electrons. The first-order valence-corrected chi connectivity index (χ1v) is 7.72. The monoisotopic (exact) mass is 300 g/mol. The molecule has 2 aromatic rings. The lowest BCUT2D eigenvalue weighted by molar-refractivity contribution is 0.624. The van der Waals surface area contributed by atoms with Gasteiger partial charge in [0.2, 0.25) is 0 Å². The first-order valence-electron chi connectivity index (χ1n) is 7.72. The van der Waals surface area contributed by atoms with E-state index in [0.29, 0.717) is 12.6 Å². The van der Waals surface area contributed by atoms with Crippen LogP contribution in [0.3, 0.4) is 0 Å². The third kappa shape index (κ3) is 4.58. The maximum absolute atomic E-state index is 4.63. The molecule has 0 aromatic carbocycles. The van der Waals surface area contributed by atoms with Gasteiger partial charge in [0, 0.05) is 31.2 Å². The minimum Gasteiger partial charge on any atom is -0.357 e. The Balaban J connectivity index is 2.08. The van der Waals surface area contributed by atoms with Gasteiger partial charge in [0.05, 0.1) is 6.54 Å². The first-order chi connectivity index (χ1) is 10.7. The zero-order chi connectivity index (χ0) is 15.8. The van der Waals surface area contributed by atoms with Gasteiger partial charge in [-0.3, -0.25) is 0 Å². The number of aromatic nitrogens is 3. The van der Waals surface area contributed by atoms with Crippen molar-refractivity contribution in [2.45, 2.75) is 39.8 Å². The third-order valence-electron chi connectivity index (χ3n) is 3.31. The van der Waals surface area contributed by atoms with E-state index in [2.05, 4.69) is 46.5 Å². The molecule has 0 bridgehead atoms. The van der Waals surface area contributed by atoms with Crippen molar-refractivity contribution in [3.63, 3.8) is 0 Å². The van der Waals surface area contributed by atoms with E-state index in [4.69, 9.17) is 0 Å². The van der Waals surface area contributed by atoms with E-state index in [1.54, 1.807) is 17.1 Å². The molecule has 0 aliphatic heterocycles. The van der Waals surface area contributed by atoms with Crippen LogP contribution in [0.5, 0.6) is 0 Å². The number of nitrogens with zero attached hydrogens (tertiary/aromatic N) is 4. The van der Waals surface area contributed by atoms with E-state index in [1.807, 2.05) is 24.4 Å². The molecule has 1 atom stereocenters. The minimum atomic E-state index is 0.398. The fourth-order valence-electron chi connectivity index (χ4n) is 1.91. The summed E-state index contributed by atoms with van der Waals surface area (Å²) in [5.41, 5.74) is 1.10. The van der Waals surface area contributed by atoms with E-state index >= 15 is 0 Å². The summed E-state index contributed by atoms with van der Waals surface area (Å²) >= 11 is 0. The Labute approximate surface area is 131 Å². The highest BCUT2D eigenvalue weighted by Crippen LogP contribution is 2.07. The van der Waals surface area contributed by atoms with Crippen molar-refractivity contribution in [3.05, 3.63) is 42.4 Å². The fraction of sp³-hybridized carbons (Fsp3) is 0.438. The Morgan fingerprint density at radius 2 is 2.23 bits per heavy atom. The summed E-state index contributed by atoms with van der Waals surface area (Å²) in [5, 5.41) is 10.8. The quantitative estimate of drug-likeness (QED) is 0.633. The molecule has 6 nitrogen and oxygen atoms in total. The normalized spacial score (nSPS) is 13.0. The average molecular weight is 300 g/mol. The van der Waals surface area contributed by atoms with Gasteiger partial charge in [-0.15, -0.1) is 0 Å². The summed E-state index contributed by atoms with van der Waals surface area (Å²) in [5.74, 6) is 1.65. The van der Waals surface area contributed by atoms with Crippen molar-refractivity contribution < 1.29 is 0 Å². The summed E-state index contributed by atoms with van der Waals surface area (Å²) in [4.78, 5) is 8.96. The molecule has 2 heterocycles. The van der Waals surface area contributed by atoms with Gasteiger partial charge >= 0.3 is 0 Å². The fourth-order valence-corrected chi connectivity index (χ4v) is 1.91. The van der Waals surface area contributed by atoms with Crippen molar-refractivity contribution in [1.82, 2.24) is 25.4 Å². The molecule has 0 amide bonds. The summed E-state index contributed by atoms with van der Waals surface area (Å²) in [6, 6.07) is 6.26. The maximum atomic E-state index is 4.63. The number of hydrogen-bond acceptors (Lipinski definition) is 3. The molecular weight excluding hydrogens is 276 g/mol. The van der Waals surface area contributed by atoms with Crippen LogP contribution in [0.4, 0.5) is 0 Å². The second-order valence-electron chi connectivity index (χ2n) is 5.12. The summed E-state index contributed by atoms with van der Waals surface area (Å²) in [7, 11) is 0. The number of nitrogens with one attached hydrogen (secondary N) is 2. The van der Waals surface area contributed by atoms with Crippen molar-refractivity contribution in [2.75, 3.05) is 6.54 Å². The van der Waals surface area contributed by atoms with Gasteiger partial charge in [0.25, 0.3) is 0 Å². The second kappa shape index (κ2) is 8.17. The molecule has 22 heavy (non-hydrogen) atoms. The summed E-state index contributed by atoms with van der Waals surface area (Å²) in [6.45, 7) is 7.81. The van der Waals surface area contributed by atoms with Crippen LogP contribution in [0.1, 0.15) is 32.8 Å². The lowest BCUT2D eigenvalue weighted by Gasteiger charge is -2.16. The van der Waals surface area contributed by atoms with Gasteiger partial charge in [0.15, 0.2) is 11.8 Å². The molecule has 118 valence electrons. The highest BCUT2D eigenvalue weighted by molar-refractivity contribution is 5.80. The lowest BCUT2D eigenvalue weighted by atomic mass is 10.2. The highest BCUT2D eigenvalue weighted by atomic mass is 15.3. The molecule has 0 aliphatic carbocycles. The number of guanidine groups is 1. The van der Waals surface area contributed by atoms with Crippen LogP contribution < -0.4 is 10.6 Å². The van der Waals surface area contributed by atoms with E-state index in [0.717, 1.165) is 30.3 Å². The standard InChI is InChI=1S/C16H24N6/c1-4-13(3)21-16(17-5-2)19-12-14-7-9-18-15(11-14)22-10-6-8-20-22/h6-11,13H,4-5,12H2,1-3H3,(H2,17,19,21). The molecule has 2 N–H and O–H groups in total. The molecular formula is C16H24N6. The first kappa shape index (κ1) is 16.0. The van der Waals surface area contributed by atoms with Crippen molar-refractivity contribution in [3.8, 4) is 5.82 Å². The average Bonchev–Trinajstić information content (AvgIpc) is 3.07. The lowest BCUT2D eigenvalue weighted by Crippen LogP contribution is -2.41. The Morgan fingerprint density at radius 3 is 2.91 bits per heavy atom. The predicted molar refractivity (Wildman–Crippen MR) is 89.1 cm³/mol. The maximum Gasteiger partial charge on any atom is 0.191 e. The van der Waals surface area contributed by atoms with Crippen molar-refractivity contribution >= 4 is 5.96 Å². The third-order valence-corrected chi connectivity index (χ3v) is 3.31. The minimum absolute atomic E-state index is 0.398. The predicted octanol–water partition coefficient (Wildman–Crippen LogP) is 2.12. The zero-order valence-electron chi connectivity index (χ0n) is 13.5. The molecule has 1 unspecified atom stereocenters. The van der Waals surface area contributed by atoms with E-state index < -0.39 is 0 Å². The second-order valence-corrected chi connectivity index (χ2v) is 5.12. The van der Waals surface area contributed by atoms with Gasteiger partial charge in [-0.1, -0.05) is 6.92 Å². The van der Waals surface area contributed by atoms with Crippen LogP contribution >= 0.6 is 0 Å². The molecule has 0 aliphatic rings. The number of aliphatic imine (C=N–C) groups is 1. The summed E-state index contributed by atoms with van der Waals surface area (Å²) in [6.07, 6.45) is 6.47. The molecule has 0 saturated heterocycles. The van der Waals surface area contributed by atoms with Crippen LogP contribution in [0.2, 0.25) is 0 Å². The Morgan fingerprint density at radius 1 is 1.36 bits per heavy atom. The topological polar surface area (TPSA) is 67.1 Å². The number of rotatable bonds is 6. The number of hydrogen-bond donors (Lipinski definition) is 2. The Bertz CT molecular complexity index is 590. The van der Waals surface area contributed by atoms with Gasteiger partial charge < -0.3 is 10.6 Å². The van der Waals surface area contributed by atoms with Gasteiger partial charge in [-0.25, -0.2) is 14.7 Å². The van der Waals surface area contributed by atoms with Crippen LogP contribution in [-0.4, -0.2) is 33.3 Å². The molecule has 2 aromatic heterocycles. The summed E-state index contributed by atoms with van der Waals surface area (Å²) < 4.78 is 1.75. The largest absolute Gasteiger partial charge is 0.357 e. The van der Waals surface area contributed by atoms with E-state index in [-0.39, 0.29) is 0 Å². The van der Waals surface area contributed by atoms with Gasteiger partial charge in [0.1, 0.15) is 0 Å². The van der Waals surface area contributed by atoms with Crippen LogP contribution in [-0.2, 0) is 6.54 Å². The SMILES string of the molecule is CCNC(=NCc1ccnc(-n2cccn2)c1)NC(C)CC. The van der Waals surface area contributed by atoms with Crippen molar-refractivity contribution in [1.29, 1.82) is 0 Å². The molecule has 6 heteroatoms. The Kier molecular flexibility index (Phi) is 5.94. The Hall–Kier alpha value is -2.37. The van der Waals surface area contributed by atoms with E-state index in [9.17, 15) is 0 Å². The highest BCUT2D eigenvalue weighted by Gasteiger charge is 2.03. The molecule has 2 rings (SSSR count). The van der Waals surface area contributed by atoms with Crippen LogP contribution in [0.15, 0.2) is 41.8 Å². The van der Waals surface area contributed by atoms with Crippen LogP contribution in [0.25, 0.3) is 5.82 Å². The van der Waals surface area contributed by atoms with Gasteiger partial charge in [-0.05, 0) is 44.0 Å². The smallest absolute Gasteiger partial charge is 0.191 e. The van der Waals surface area contributed by atoms with Crippen LogP contribution in [0, 0.1) is 0 Å². The molecule has 0 fully saturated rings. The number of pyridine rings is 1.